The number of nitrogens with zero attached hydrogens (tertiary/aromatic N) is 3. The molecule has 1 amide bonds. The molecule has 1 atom stereocenters. The molecule has 0 radical (unpaired) electrons. The smallest absolute Gasteiger partial charge is 0.254 e. The highest BCUT2D eigenvalue weighted by atomic mass is 16.5. The number of hydrogen-bond acceptors (Lipinski definition) is 5. The van der Waals surface area contributed by atoms with Crippen LogP contribution in [0.3, 0.4) is 0 Å². The van der Waals surface area contributed by atoms with E-state index in [2.05, 4.69) is 5.10 Å². The van der Waals surface area contributed by atoms with Crippen molar-refractivity contribution in [1.29, 1.82) is 0 Å². The van der Waals surface area contributed by atoms with Gasteiger partial charge in [0.1, 0.15) is 11.5 Å². The Labute approximate surface area is 218 Å². The summed E-state index contributed by atoms with van der Waals surface area (Å²) in [5.74, 6) is 1.31. The fourth-order valence-corrected chi connectivity index (χ4v) is 4.41. The predicted molar refractivity (Wildman–Crippen MR) is 141 cm³/mol. The summed E-state index contributed by atoms with van der Waals surface area (Å²) < 4.78 is 22.3. The van der Waals surface area contributed by atoms with E-state index in [4.69, 9.17) is 10.5 Å². The molecule has 1 saturated carbocycles. The van der Waals surface area contributed by atoms with Gasteiger partial charge in [0.05, 0.1) is 14.2 Å². The second kappa shape index (κ2) is 11.4. The largest absolute Gasteiger partial charge is 0.493 e. The van der Waals surface area contributed by atoms with Crippen LogP contribution in [0.25, 0.3) is 11.3 Å². The summed E-state index contributed by atoms with van der Waals surface area (Å²) in [6, 6.07) is 20.4. The van der Waals surface area contributed by atoms with Gasteiger partial charge in [-0.3, -0.25) is 9.48 Å². The van der Waals surface area contributed by atoms with Gasteiger partial charge in [0.2, 0.25) is 5.88 Å². The van der Waals surface area contributed by atoms with Crippen LogP contribution >= 0.6 is 0 Å². The molecule has 1 aliphatic rings. The number of carbonyl (C=O) groups is 1. The van der Waals surface area contributed by atoms with Crippen LogP contribution in [0, 0.1) is 0 Å². The maximum atomic E-state index is 13.5. The first kappa shape index (κ1) is 23.4. The highest BCUT2D eigenvalue weighted by molar-refractivity contribution is 5.95. The number of aromatic hydroxyl groups is 1. The third-order valence-electron chi connectivity index (χ3n) is 6.61. The summed E-state index contributed by atoms with van der Waals surface area (Å²) in [5, 5.41) is 13.5. The van der Waals surface area contributed by atoms with Crippen LogP contribution in [-0.4, -0.2) is 38.3 Å². The molecular weight excluding hydrogens is 466 g/mol. The number of carbonyl (C=O) groups excluding carboxylic acids is 1. The van der Waals surface area contributed by atoms with Gasteiger partial charge in [-0.1, -0.05) is 30.3 Å². The number of aryl methyl sites for hydroxylation is 2. The highest BCUT2D eigenvalue weighted by Crippen LogP contribution is 2.32. The predicted octanol–water partition coefficient (Wildman–Crippen LogP) is 5.98. The topological polar surface area (TPSA) is 80.7 Å². The van der Waals surface area contributed by atoms with E-state index in [1.54, 1.807) is 34.0 Å². The Bertz CT molecular complexity index is 1350. The van der Waals surface area contributed by atoms with Crippen LogP contribution in [-0.2, 0) is 20.0 Å². The minimum absolute atomic E-state index is 0.0528. The molecule has 1 fully saturated rings. The van der Waals surface area contributed by atoms with E-state index >= 15 is 0 Å². The molecule has 7 heteroatoms. The summed E-state index contributed by atoms with van der Waals surface area (Å²) in [5.41, 5.74) is 3.17. The van der Waals surface area contributed by atoms with E-state index in [0.717, 1.165) is 55.5 Å². The Balaban J connectivity index is 1.20. The zero-order chi connectivity index (χ0) is 26.5. The van der Waals surface area contributed by atoms with Crippen molar-refractivity contribution in [3.8, 4) is 23.0 Å². The number of benzene rings is 2. The van der Waals surface area contributed by atoms with Crippen LogP contribution < -0.4 is 4.74 Å². The fraction of sp³-hybridized carbons (Fsp3) is 0.333. The summed E-state index contributed by atoms with van der Waals surface area (Å²) >= 11 is 0. The quantitative estimate of drug-likeness (QED) is 0.242. The number of para-hydroxylation sites is 1. The lowest BCUT2D eigenvalue weighted by Gasteiger charge is -2.24. The van der Waals surface area contributed by atoms with E-state index in [-0.39, 0.29) is 17.8 Å². The lowest BCUT2D eigenvalue weighted by atomic mass is 10.1. The van der Waals surface area contributed by atoms with Crippen LogP contribution in [0.15, 0.2) is 77.4 Å². The van der Waals surface area contributed by atoms with Crippen molar-refractivity contribution >= 4 is 5.91 Å². The third kappa shape index (κ3) is 6.23. The van der Waals surface area contributed by atoms with Crippen LogP contribution in [0.1, 0.15) is 55.1 Å². The zero-order valence-corrected chi connectivity index (χ0v) is 21.0. The SMILES string of the molecule is [2H]C(c1ccccc1OCCCCCc1cc(O)nn1C)N(C(=O)c1ccc(-c2ccco2)cc1)C1CC1. The molecule has 2 aromatic carbocycles. The molecule has 1 N–H and O–H groups in total. The minimum atomic E-state index is -0.853. The summed E-state index contributed by atoms with van der Waals surface area (Å²) in [7, 11) is 1.83. The zero-order valence-electron chi connectivity index (χ0n) is 22.0. The lowest BCUT2D eigenvalue weighted by molar-refractivity contribution is 0.0728. The number of unbranched alkanes of at least 4 members (excludes halogenated alkanes) is 2. The summed E-state index contributed by atoms with van der Waals surface area (Å²) in [4.78, 5) is 15.2. The number of hydrogen-bond donors (Lipinski definition) is 1. The van der Waals surface area contributed by atoms with Crippen molar-refractivity contribution in [1.82, 2.24) is 14.7 Å². The van der Waals surface area contributed by atoms with Crippen molar-refractivity contribution in [2.75, 3.05) is 6.61 Å². The maximum Gasteiger partial charge on any atom is 0.254 e. The molecule has 0 saturated heterocycles. The second-order valence-electron chi connectivity index (χ2n) is 9.44. The molecule has 7 nitrogen and oxygen atoms in total. The number of furan rings is 1. The first-order valence-electron chi connectivity index (χ1n) is 13.4. The molecule has 4 aromatic rings. The molecule has 192 valence electrons. The van der Waals surface area contributed by atoms with E-state index in [1.165, 1.54) is 0 Å². The average molecular weight is 501 g/mol. The van der Waals surface area contributed by atoms with E-state index < -0.39 is 6.52 Å². The van der Waals surface area contributed by atoms with Crippen LogP contribution in [0.2, 0.25) is 0 Å². The van der Waals surface area contributed by atoms with Gasteiger partial charge in [0, 0.05) is 48.1 Å². The lowest BCUT2D eigenvalue weighted by Crippen LogP contribution is -2.32. The number of aromatic nitrogens is 2. The van der Waals surface area contributed by atoms with Gasteiger partial charge in [0.15, 0.2) is 0 Å². The number of ether oxygens (including phenoxy) is 1. The molecule has 37 heavy (non-hydrogen) atoms. The first-order valence-corrected chi connectivity index (χ1v) is 12.8. The Morgan fingerprint density at radius 3 is 2.65 bits per heavy atom. The third-order valence-corrected chi connectivity index (χ3v) is 6.61. The number of amides is 1. The Morgan fingerprint density at radius 1 is 1.14 bits per heavy atom. The van der Waals surface area contributed by atoms with Crippen molar-refractivity contribution < 1.29 is 20.4 Å². The van der Waals surface area contributed by atoms with Gasteiger partial charge < -0.3 is 19.2 Å². The molecule has 0 bridgehead atoms. The maximum absolute atomic E-state index is 13.5. The van der Waals surface area contributed by atoms with Crippen LogP contribution in [0.4, 0.5) is 0 Å². The monoisotopic (exact) mass is 500 g/mol. The minimum Gasteiger partial charge on any atom is -0.493 e. The average Bonchev–Trinajstić information content (AvgIpc) is 3.48. The van der Waals surface area contributed by atoms with Gasteiger partial charge in [-0.05, 0) is 68.9 Å². The van der Waals surface area contributed by atoms with Crippen molar-refractivity contribution in [2.24, 2.45) is 7.05 Å². The van der Waals surface area contributed by atoms with Gasteiger partial charge in [-0.15, -0.1) is 5.10 Å². The molecular formula is C30H33N3O4. The molecule has 0 aliphatic heterocycles. The van der Waals surface area contributed by atoms with E-state index in [0.29, 0.717) is 23.5 Å². The van der Waals surface area contributed by atoms with Gasteiger partial charge in [0.25, 0.3) is 5.91 Å². The van der Waals surface area contributed by atoms with Crippen molar-refractivity contribution in [2.45, 2.75) is 51.1 Å². The summed E-state index contributed by atoms with van der Waals surface area (Å²) in [6.07, 6.45) is 7.09. The van der Waals surface area contributed by atoms with Crippen molar-refractivity contribution in [3.63, 3.8) is 0 Å². The van der Waals surface area contributed by atoms with E-state index in [1.807, 2.05) is 55.6 Å². The Morgan fingerprint density at radius 2 is 1.95 bits per heavy atom. The van der Waals surface area contributed by atoms with E-state index in [9.17, 15) is 9.90 Å². The fourth-order valence-electron chi connectivity index (χ4n) is 4.41. The molecule has 1 unspecified atom stereocenters. The molecule has 0 spiro atoms. The Hall–Kier alpha value is -4.00. The number of rotatable bonds is 12. The standard InChI is InChI=1S/C30H33N3O4/c1-32-26(20-29(34)31-32)9-3-2-6-18-36-28-10-5-4-8-24(28)21-33(25-16-17-25)30(35)23-14-12-22(13-15-23)27-11-7-19-37-27/h4-5,7-8,10-15,19-20,25H,2-3,6,9,16-18,21H2,1H3,(H,31,34)/i21D. The summed E-state index contributed by atoms with van der Waals surface area (Å²) in [6.45, 7) is -0.320. The second-order valence-corrected chi connectivity index (χ2v) is 9.44. The normalized spacial score (nSPS) is 14.2. The Kier molecular flexibility index (Phi) is 7.19. The molecule has 2 aromatic heterocycles. The van der Waals surface area contributed by atoms with Gasteiger partial charge in [-0.25, -0.2) is 0 Å². The van der Waals surface area contributed by atoms with Crippen LogP contribution in [0.5, 0.6) is 11.6 Å². The highest BCUT2D eigenvalue weighted by Gasteiger charge is 2.33. The van der Waals surface area contributed by atoms with Gasteiger partial charge >= 0.3 is 0 Å². The van der Waals surface area contributed by atoms with Gasteiger partial charge in [-0.2, -0.15) is 0 Å². The molecule has 1 aliphatic carbocycles. The van der Waals surface area contributed by atoms with Crippen molar-refractivity contribution in [3.05, 3.63) is 89.8 Å². The first-order chi connectivity index (χ1) is 18.5. The molecule has 2 heterocycles. The molecule has 5 rings (SSSR count).